The Hall–Kier alpha value is -0.750. The number of nitriles is 1. The van der Waals surface area contributed by atoms with Crippen molar-refractivity contribution in [2.45, 2.75) is 26.2 Å². The van der Waals surface area contributed by atoms with Crippen molar-refractivity contribution in [2.24, 2.45) is 0 Å². The molecular formula is C6H11NO2. The lowest BCUT2D eigenvalue weighted by Crippen LogP contribution is -1.91. The zero-order chi connectivity index (χ0) is 6.95. The summed E-state index contributed by atoms with van der Waals surface area (Å²) in [7, 11) is 0. The van der Waals surface area contributed by atoms with Gasteiger partial charge in [-0.1, -0.05) is 19.8 Å². The van der Waals surface area contributed by atoms with Crippen LogP contribution >= 0.6 is 0 Å². The molecule has 0 bridgehead atoms. The fourth-order valence-corrected chi connectivity index (χ4v) is 0.479. The Balaban J connectivity index is 2.69. The van der Waals surface area contributed by atoms with Crippen molar-refractivity contribution >= 4 is 0 Å². The Morgan fingerprint density at radius 1 is 1.44 bits per heavy atom. The van der Waals surface area contributed by atoms with Crippen molar-refractivity contribution in [3.8, 4) is 6.26 Å². The summed E-state index contributed by atoms with van der Waals surface area (Å²) in [6, 6.07) is 0. The first kappa shape index (κ1) is 8.25. The van der Waals surface area contributed by atoms with E-state index in [1.54, 1.807) is 0 Å². The Morgan fingerprint density at radius 3 is 2.78 bits per heavy atom. The third kappa shape index (κ3) is 7.25. The lowest BCUT2D eigenvalue weighted by atomic mass is 10.3. The van der Waals surface area contributed by atoms with Crippen LogP contribution in [0.25, 0.3) is 0 Å². The number of hydrogen-bond donors (Lipinski definition) is 0. The molecule has 0 rings (SSSR count). The van der Waals surface area contributed by atoms with Gasteiger partial charge < -0.3 is 0 Å². The average molecular weight is 129 g/mol. The molecule has 0 heterocycles. The van der Waals surface area contributed by atoms with Gasteiger partial charge in [-0.3, -0.25) is 4.89 Å². The molecule has 3 nitrogen and oxygen atoms in total. The van der Waals surface area contributed by atoms with Gasteiger partial charge in [0.25, 0.3) is 0 Å². The van der Waals surface area contributed by atoms with Crippen molar-refractivity contribution in [1.29, 1.82) is 5.26 Å². The molecular weight excluding hydrogens is 118 g/mol. The molecule has 0 unspecified atom stereocenters. The highest BCUT2D eigenvalue weighted by atomic mass is 17.2. The molecule has 0 atom stereocenters. The van der Waals surface area contributed by atoms with Gasteiger partial charge in [-0.15, -0.1) is 5.26 Å². The maximum Gasteiger partial charge on any atom is 0.324 e. The summed E-state index contributed by atoms with van der Waals surface area (Å²) in [6.45, 7) is 2.62. The summed E-state index contributed by atoms with van der Waals surface area (Å²) in [6.07, 6.45) is 4.65. The summed E-state index contributed by atoms with van der Waals surface area (Å²) in [4.78, 5) is 8.41. The first-order valence-corrected chi connectivity index (χ1v) is 3.09. The molecule has 0 aromatic rings. The van der Waals surface area contributed by atoms with E-state index in [0.29, 0.717) is 6.61 Å². The van der Waals surface area contributed by atoms with Crippen LogP contribution in [0.15, 0.2) is 0 Å². The standard InChI is InChI=1S/C6H11NO2/c1-2-3-4-5-8-9-6-7/h2-5H2,1H3. The zero-order valence-corrected chi connectivity index (χ0v) is 5.59. The third-order valence-electron chi connectivity index (χ3n) is 0.927. The largest absolute Gasteiger partial charge is 0.324 e. The van der Waals surface area contributed by atoms with Gasteiger partial charge in [0, 0.05) is 0 Å². The van der Waals surface area contributed by atoms with Crippen molar-refractivity contribution in [2.75, 3.05) is 6.61 Å². The monoisotopic (exact) mass is 129 g/mol. The van der Waals surface area contributed by atoms with Gasteiger partial charge in [0.05, 0.1) is 6.61 Å². The van der Waals surface area contributed by atoms with Crippen LogP contribution in [-0.4, -0.2) is 6.61 Å². The van der Waals surface area contributed by atoms with Crippen LogP contribution < -0.4 is 0 Å². The minimum absolute atomic E-state index is 0.515. The molecule has 0 aromatic carbocycles. The Kier molecular flexibility index (Phi) is 6.65. The molecule has 0 aromatic heterocycles. The normalized spacial score (nSPS) is 8.44. The summed E-state index contributed by atoms with van der Waals surface area (Å²) in [5, 5.41) is 7.83. The SMILES string of the molecule is CCCCCOOC#N. The molecule has 0 aliphatic rings. The molecule has 0 radical (unpaired) electrons. The molecule has 9 heavy (non-hydrogen) atoms. The molecule has 0 saturated heterocycles. The second-order valence-corrected chi connectivity index (χ2v) is 1.70. The molecule has 0 saturated carbocycles. The summed E-state index contributed by atoms with van der Waals surface area (Å²) in [5.41, 5.74) is 0. The number of unbranched alkanes of at least 4 members (excludes halogenated alkanes) is 2. The van der Waals surface area contributed by atoms with Gasteiger partial charge in [0.15, 0.2) is 0 Å². The smallest absolute Gasteiger partial charge is 0.254 e. The second-order valence-electron chi connectivity index (χ2n) is 1.70. The van der Waals surface area contributed by atoms with E-state index in [0.717, 1.165) is 19.3 Å². The van der Waals surface area contributed by atoms with Crippen LogP contribution in [0.2, 0.25) is 0 Å². The van der Waals surface area contributed by atoms with E-state index < -0.39 is 0 Å². The van der Waals surface area contributed by atoms with Gasteiger partial charge in [-0.05, 0) is 6.42 Å². The van der Waals surface area contributed by atoms with Crippen molar-refractivity contribution in [3.05, 3.63) is 0 Å². The lowest BCUT2D eigenvalue weighted by Gasteiger charge is -1.94. The number of rotatable bonds is 5. The third-order valence-corrected chi connectivity index (χ3v) is 0.927. The van der Waals surface area contributed by atoms with Crippen LogP contribution in [0.3, 0.4) is 0 Å². The average Bonchev–Trinajstić information content (AvgIpc) is 1.89. The molecule has 0 N–H and O–H groups in total. The quantitative estimate of drug-likeness (QED) is 0.245. The maximum atomic E-state index is 7.83. The van der Waals surface area contributed by atoms with Crippen molar-refractivity contribution in [3.63, 3.8) is 0 Å². The van der Waals surface area contributed by atoms with Gasteiger partial charge in [-0.25, -0.2) is 0 Å². The van der Waals surface area contributed by atoms with Gasteiger partial charge in [0.2, 0.25) is 0 Å². The number of nitrogens with zero attached hydrogens (tertiary/aromatic N) is 1. The van der Waals surface area contributed by atoms with Gasteiger partial charge in [0.1, 0.15) is 0 Å². The summed E-state index contributed by atoms with van der Waals surface area (Å²) in [5.74, 6) is 0. The van der Waals surface area contributed by atoms with Crippen molar-refractivity contribution in [1.82, 2.24) is 0 Å². The molecule has 3 heteroatoms. The first-order chi connectivity index (χ1) is 4.41. The van der Waals surface area contributed by atoms with E-state index in [1.807, 2.05) is 0 Å². The van der Waals surface area contributed by atoms with Crippen molar-refractivity contribution < 1.29 is 9.78 Å². The van der Waals surface area contributed by atoms with E-state index in [-0.39, 0.29) is 0 Å². The van der Waals surface area contributed by atoms with E-state index >= 15 is 0 Å². The first-order valence-electron chi connectivity index (χ1n) is 3.09. The minimum Gasteiger partial charge on any atom is -0.254 e. The second kappa shape index (κ2) is 7.25. The Morgan fingerprint density at radius 2 is 2.22 bits per heavy atom. The Labute approximate surface area is 55.1 Å². The van der Waals surface area contributed by atoms with Gasteiger partial charge in [-0.2, -0.15) is 4.89 Å². The predicted octanol–water partition coefficient (Wildman–Crippen LogP) is 1.61. The van der Waals surface area contributed by atoms with Crippen LogP contribution in [0.5, 0.6) is 0 Å². The van der Waals surface area contributed by atoms with E-state index in [2.05, 4.69) is 16.7 Å². The fourth-order valence-electron chi connectivity index (χ4n) is 0.479. The highest BCUT2D eigenvalue weighted by Gasteiger charge is 1.85. The predicted molar refractivity (Wildman–Crippen MR) is 32.2 cm³/mol. The number of hydrogen-bond acceptors (Lipinski definition) is 3. The van der Waals surface area contributed by atoms with Crippen LogP contribution in [0.4, 0.5) is 0 Å². The van der Waals surface area contributed by atoms with Crippen LogP contribution in [-0.2, 0) is 9.78 Å². The van der Waals surface area contributed by atoms with Crippen LogP contribution in [0.1, 0.15) is 26.2 Å². The van der Waals surface area contributed by atoms with E-state index in [1.165, 1.54) is 6.26 Å². The van der Waals surface area contributed by atoms with Gasteiger partial charge >= 0.3 is 6.26 Å². The highest BCUT2D eigenvalue weighted by Crippen LogP contribution is 1.93. The molecule has 0 amide bonds. The fraction of sp³-hybridized carbons (Fsp3) is 0.833. The molecule has 0 spiro atoms. The lowest BCUT2D eigenvalue weighted by molar-refractivity contribution is -0.239. The molecule has 52 valence electrons. The molecule has 0 aliphatic heterocycles. The van der Waals surface area contributed by atoms with E-state index in [4.69, 9.17) is 5.26 Å². The zero-order valence-electron chi connectivity index (χ0n) is 5.59. The van der Waals surface area contributed by atoms with E-state index in [9.17, 15) is 0 Å². The Bertz CT molecular complexity index is 87.5. The van der Waals surface area contributed by atoms with Crippen LogP contribution in [0, 0.1) is 11.5 Å². The minimum atomic E-state index is 0.515. The topological polar surface area (TPSA) is 42.2 Å². The highest BCUT2D eigenvalue weighted by molar-refractivity contribution is 4.39. The molecule has 0 fully saturated rings. The maximum absolute atomic E-state index is 7.83. The summed E-state index contributed by atoms with van der Waals surface area (Å²) < 4.78 is 0. The summed E-state index contributed by atoms with van der Waals surface area (Å²) >= 11 is 0. The molecule has 0 aliphatic carbocycles.